The SMILES string of the molecule is COc1cc(CN)ccc1Oc1ccc(C(=O)N[C@H]2CNCC[C@H]2O)cc1OC.Cl.Cl. The Balaban J connectivity index is 0.00000240. The number of aliphatic hydroxyl groups is 1. The second-order valence-corrected chi connectivity index (χ2v) is 6.80. The number of aliphatic hydroxyl groups excluding tert-OH is 1. The van der Waals surface area contributed by atoms with Crippen LogP contribution in [0, 0.1) is 0 Å². The molecule has 5 N–H and O–H groups in total. The number of amides is 1. The lowest BCUT2D eigenvalue weighted by Crippen LogP contribution is -2.53. The van der Waals surface area contributed by atoms with Crippen molar-refractivity contribution in [3.8, 4) is 23.0 Å². The molecule has 3 rings (SSSR count). The number of ether oxygens (including phenoxy) is 3. The van der Waals surface area contributed by atoms with Crippen LogP contribution in [0.2, 0.25) is 0 Å². The summed E-state index contributed by atoms with van der Waals surface area (Å²) in [7, 11) is 3.06. The predicted molar refractivity (Wildman–Crippen MR) is 123 cm³/mol. The quantitative estimate of drug-likeness (QED) is 0.487. The van der Waals surface area contributed by atoms with Crippen molar-refractivity contribution in [3.63, 3.8) is 0 Å². The molecule has 2 aromatic rings. The molecule has 1 fully saturated rings. The minimum absolute atomic E-state index is 0. The van der Waals surface area contributed by atoms with Crippen LogP contribution in [0.1, 0.15) is 22.3 Å². The lowest BCUT2D eigenvalue weighted by Gasteiger charge is -2.29. The lowest BCUT2D eigenvalue weighted by atomic mass is 10.0. The summed E-state index contributed by atoms with van der Waals surface area (Å²) in [4.78, 5) is 12.6. The minimum Gasteiger partial charge on any atom is -0.493 e. The van der Waals surface area contributed by atoms with Gasteiger partial charge in [0, 0.05) is 18.7 Å². The third kappa shape index (κ3) is 6.62. The normalized spacial score (nSPS) is 17.5. The molecule has 172 valence electrons. The Bertz CT molecular complexity index is 869. The molecule has 1 saturated heterocycles. The summed E-state index contributed by atoms with van der Waals surface area (Å²) in [5.41, 5.74) is 7.01. The van der Waals surface area contributed by atoms with Crippen molar-refractivity contribution in [1.82, 2.24) is 10.6 Å². The van der Waals surface area contributed by atoms with Crippen molar-refractivity contribution in [3.05, 3.63) is 47.5 Å². The van der Waals surface area contributed by atoms with E-state index in [-0.39, 0.29) is 36.8 Å². The minimum atomic E-state index is -0.561. The van der Waals surface area contributed by atoms with Crippen LogP contribution in [0.3, 0.4) is 0 Å². The van der Waals surface area contributed by atoms with Gasteiger partial charge in [-0.2, -0.15) is 0 Å². The molecule has 0 bridgehead atoms. The van der Waals surface area contributed by atoms with Gasteiger partial charge in [0.05, 0.1) is 26.4 Å². The van der Waals surface area contributed by atoms with E-state index in [0.29, 0.717) is 48.1 Å². The first-order valence-electron chi connectivity index (χ1n) is 9.48. The zero-order chi connectivity index (χ0) is 20.8. The molecule has 0 saturated carbocycles. The van der Waals surface area contributed by atoms with E-state index in [0.717, 1.165) is 12.1 Å². The third-order valence-corrected chi connectivity index (χ3v) is 4.87. The number of halogens is 2. The van der Waals surface area contributed by atoms with Crippen molar-refractivity contribution < 1.29 is 24.1 Å². The number of methoxy groups -OCH3 is 2. The van der Waals surface area contributed by atoms with Gasteiger partial charge in [0.2, 0.25) is 0 Å². The van der Waals surface area contributed by atoms with Gasteiger partial charge >= 0.3 is 0 Å². The van der Waals surface area contributed by atoms with Crippen LogP contribution < -0.4 is 30.6 Å². The summed E-state index contributed by atoms with van der Waals surface area (Å²) in [6.07, 6.45) is 0.0416. The molecule has 1 aliphatic rings. The highest BCUT2D eigenvalue weighted by atomic mass is 35.5. The van der Waals surface area contributed by atoms with E-state index in [9.17, 15) is 9.90 Å². The van der Waals surface area contributed by atoms with E-state index < -0.39 is 6.10 Å². The molecule has 0 unspecified atom stereocenters. The Labute approximate surface area is 194 Å². The van der Waals surface area contributed by atoms with Gasteiger partial charge in [0.1, 0.15) is 0 Å². The smallest absolute Gasteiger partial charge is 0.251 e. The van der Waals surface area contributed by atoms with Gasteiger partial charge in [-0.15, -0.1) is 24.8 Å². The van der Waals surface area contributed by atoms with Crippen LogP contribution in [0.5, 0.6) is 23.0 Å². The van der Waals surface area contributed by atoms with Gasteiger partial charge in [-0.05, 0) is 48.9 Å². The Hall–Kier alpha value is -2.23. The lowest BCUT2D eigenvalue weighted by molar-refractivity contribution is 0.0754. The molecule has 2 aromatic carbocycles. The zero-order valence-electron chi connectivity index (χ0n) is 17.4. The van der Waals surface area contributed by atoms with Crippen LogP contribution in [0.4, 0.5) is 0 Å². The average Bonchev–Trinajstić information content (AvgIpc) is 2.75. The summed E-state index contributed by atoms with van der Waals surface area (Å²) in [6, 6.07) is 10.0. The van der Waals surface area contributed by atoms with Crippen molar-refractivity contribution in [2.45, 2.75) is 25.1 Å². The summed E-state index contributed by atoms with van der Waals surface area (Å²) in [5.74, 6) is 1.63. The number of carbonyl (C=O) groups is 1. The first-order chi connectivity index (χ1) is 14.0. The summed E-state index contributed by atoms with van der Waals surface area (Å²) in [6.45, 7) is 1.67. The highest BCUT2D eigenvalue weighted by Gasteiger charge is 2.25. The van der Waals surface area contributed by atoms with Gasteiger partial charge in [-0.3, -0.25) is 4.79 Å². The number of rotatable bonds is 7. The highest BCUT2D eigenvalue weighted by molar-refractivity contribution is 5.95. The van der Waals surface area contributed by atoms with Gasteiger partial charge in [-0.25, -0.2) is 0 Å². The van der Waals surface area contributed by atoms with Crippen LogP contribution >= 0.6 is 24.8 Å². The van der Waals surface area contributed by atoms with E-state index in [1.807, 2.05) is 12.1 Å². The number of nitrogens with two attached hydrogens (primary N) is 1. The standard InChI is InChI=1S/C21H27N3O5.2ClH/c1-27-19-9-13(11-22)3-5-17(19)29-18-6-4-14(10-20(18)28-2)21(26)24-15-12-23-8-7-16(15)25;;/h3-6,9-10,15-16,23,25H,7-8,11-12,22H2,1-2H3,(H,24,26);2*1H/t15-,16+;;/m0../s1. The molecule has 1 aliphatic heterocycles. The fourth-order valence-electron chi connectivity index (χ4n) is 3.18. The van der Waals surface area contributed by atoms with Crippen LogP contribution in [0.25, 0.3) is 0 Å². The van der Waals surface area contributed by atoms with Gasteiger partial charge in [0.25, 0.3) is 5.91 Å². The third-order valence-electron chi connectivity index (χ3n) is 4.87. The van der Waals surface area contributed by atoms with E-state index >= 15 is 0 Å². The Morgan fingerprint density at radius 2 is 1.74 bits per heavy atom. The Morgan fingerprint density at radius 1 is 1.10 bits per heavy atom. The van der Waals surface area contributed by atoms with Gasteiger partial charge < -0.3 is 35.7 Å². The molecule has 1 heterocycles. The maximum absolute atomic E-state index is 12.6. The monoisotopic (exact) mass is 473 g/mol. The highest BCUT2D eigenvalue weighted by Crippen LogP contribution is 2.37. The number of hydrogen-bond acceptors (Lipinski definition) is 7. The maximum atomic E-state index is 12.6. The van der Waals surface area contributed by atoms with Crippen LogP contribution in [-0.2, 0) is 6.54 Å². The molecule has 10 heteroatoms. The molecule has 31 heavy (non-hydrogen) atoms. The van der Waals surface area contributed by atoms with E-state index in [4.69, 9.17) is 19.9 Å². The van der Waals surface area contributed by atoms with Crippen LogP contribution in [-0.4, -0.2) is 50.5 Å². The summed E-state index contributed by atoms with van der Waals surface area (Å²) >= 11 is 0. The fourth-order valence-corrected chi connectivity index (χ4v) is 3.18. The Morgan fingerprint density at radius 3 is 2.35 bits per heavy atom. The van der Waals surface area contributed by atoms with Gasteiger partial charge in [0.15, 0.2) is 23.0 Å². The summed E-state index contributed by atoms with van der Waals surface area (Å²) < 4.78 is 16.7. The molecule has 0 aliphatic carbocycles. The molecule has 2 atom stereocenters. The molecular weight excluding hydrogens is 445 g/mol. The number of benzene rings is 2. The average molecular weight is 474 g/mol. The molecule has 1 amide bonds. The molecule has 8 nitrogen and oxygen atoms in total. The fraction of sp³-hybridized carbons (Fsp3) is 0.381. The predicted octanol–water partition coefficient (Wildman–Crippen LogP) is 2.25. The molecule has 0 spiro atoms. The first kappa shape index (κ1) is 26.8. The molecule has 0 radical (unpaired) electrons. The Kier molecular flexibility index (Phi) is 10.9. The maximum Gasteiger partial charge on any atom is 0.251 e. The van der Waals surface area contributed by atoms with Crippen molar-refractivity contribution in [2.75, 3.05) is 27.3 Å². The van der Waals surface area contributed by atoms with Crippen LogP contribution in [0.15, 0.2) is 36.4 Å². The zero-order valence-corrected chi connectivity index (χ0v) is 19.1. The molecule has 0 aromatic heterocycles. The largest absolute Gasteiger partial charge is 0.493 e. The number of nitrogens with one attached hydrogen (secondary N) is 2. The van der Waals surface area contributed by atoms with Gasteiger partial charge in [-0.1, -0.05) is 6.07 Å². The molecular formula is C21H29Cl2N3O5. The summed E-state index contributed by atoms with van der Waals surface area (Å²) in [5, 5.41) is 16.1. The van der Waals surface area contributed by atoms with Crippen molar-refractivity contribution in [2.24, 2.45) is 5.73 Å². The number of piperidine rings is 1. The van der Waals surface area contributed by atoms with E-state index in [1.165, 1.54) is 7.11 Å². The second-order valence-electron chi connectivity index (χ2n) is 6.80. The number of hydrogen-bond donors (Lipinski definition) is 4. The van der Waals surface area contributed by atoms with Crippen molar-refractivity contribution in [1.29, 1.82) is 0 Å². The first-order valence-corrected chi connectivity index (χ1v) is 9.48. The topological polar surface area (TPSA) is 115 Å². The number of carbonyl (C=O) groups excluding carboxylic acids is 1. The van der Waals surface area contributed by atoms with E-state index in [1.54, 1.807) is 31.4 Å². The van der Waals surface area contributed by atoms with E-state index in [2.05, 4.69) is 10.6 Å². The van der Waals surface area contributed by atoms with Crippen molar-refractivity contribution >= 4 is 30.7 Å². The second kappa shape index (κ2) is 12.6.